The number of nitrogens with zero attached hydrogens (tertiary/aromatic N) is 5. The van der Waals surface area contributed by atoms with Gasteiger partial charge in [-0.15, -0.1) is 0 Å². The number of pyridine rings is 1. The van der Waals surface area contributed by atoms with Gasteiger partial charge in [0.15, 0.2) is 0 Å². The SMILES string of the molecule is Cc1cc(C)nc(NC(Cc2ccccc2)C(=O)N2CCN(c3ccccn3)CC2)n1. The molecule has 1 amide bonds. The number of carbonyl (C=O) groups excluding carboxylic acids is 1. The minimum absolute atomic E-state index is 0.0762. The third-order valence-corrected chi connectivity index (χ3v) is 5.43. The number of hydrogen-bond acceptors (Lipinski definition) is 6. The number of aryl methyl sites for hydroxylation is 2. The number of anilines is 2. The van der Waals surface area contributed by atoms with Crippen LogP contribution < -0.4 is 10.2 Å². The Morgan fingerprint density at radius 3 is 2.29 bits per heavy atom. The summed E-state index contributed by atoms with van der Waals surface area (Å²) in [6.07, 6.45) is 2.38. The van der Waals surface area contributed by atoms with Crippen molar-refractivity contribution in [3.63, 3.8) is 0 Å². The van der Waals surface area contributed by atoms with Gasteiger partial charge in [-0.1, -0.05) is 36.4 Å². The van der Waals surface area contributed by atoms with E-state index in [0.717, 1.165) is 35.9 Å². The van der Waals surface area contributed by atoms with Gasteiger partial charge in [-0.2, -0.15) is 0 Å². The van der Waals surface area contributed by atoms with Gasteiger partial charge < -0.3 is 15.1 Å². The lowest BCUT2D eigenvalue weighted by molar-refractivity contribution is -0.132. The fraction of sp³-hybridized carbons (Fsp3) is 0.333. The molecule has 1 N–H and O–H groups in total. The highest BCUT2D eigenvalue weighted by atomic mass is 16.2. The van der Waals surface area contributed by atoms with Gasteiger partial charge in [0.2, 0.25) is 11.9 Å². The summed E-state index contributed by atoms with van der Waals surface area (Å²) >= 11 is 0. The van der Waals surface area contributed by atoms with Crippen LogP contribution in [0.4, 0.5) is 11.8 Å². The lowest BCUT2D eigenvalue weighted by Crippen LogP contribution is -2.53. The summed E-state index contributed by atoms with van der Waals surface area (Å²) in [6, 6.07) is 17.5. The Bertz CT molecular complexity index is 983. The molecule has 2 aromatic heterocycles. The van der Waals surface area contributed by atoms with Crippen molar-refractivity contribution in [3.8, 4) is 0 Å². The topological polar surface area (TPSA) is 74.2 Å². The van der Waals surface area contributed by atoms with Crippen LogP contribution in [0.5, 0.6) is 0 Å². The zero-order valence-corrected chi connectivity index (χ0v) is 18.0. The number of carbonyl (C=O) groups is 1. The van der Waals surface area contributed by atoms with E-state index in [-0.39, 0.29) is 5.91 Å². The van der Waals surface area contributed by atoms with E-state index in [1.807, 2.05) is 73.3 Å². The predicted octanol–water partition coefficient (Wildman–Crippen LogP) is 2.86. The van der Waals surface area contributed by atoms with Gasteiger partial charge in [0.1, 0.15) is 11.9 Å². The van der Waals surface area contributed by atoms with Gasteiger partial charge in [0.25, 0.3) is 0 Å². The second-order valence-corrected chi connectivity index (χ2v) is 7.86. The molecule has 0 bridgehead atoms. The first-order valence-electron chi connectivity index (χ1n) is 10.7. The number of nitrogens with one attached hydrogen (secondary N) is 1. The number of rotatable bonds is 6. The number of aromatic nitrogens is 3. The molecule has 31 heavy (non-hydrogen) atoms. The quantitative estimate of drug-likeness (QED) is 0.666. The van der Waals surface area contributed by atoms with Crippen LogP contribution in [0.25, 0.3) is 0 Å². The van der Waals surface area contributed by atoms with Crippen molar-refractivity contribution < 1.29 is 4.79 Å². The van der Waals surface area contributed by atoms with Crippen LogP contribution in [0, 0.1) is 13.8 Å². The van der Waals surface area contributed by atoms with Crippen molar-refractivity contribution in [2.24, 2.45) is 0 Å². The zero-order chi connectivity index (χ0) is 21.6. The van der Waals surface area contributed by atoms with Gasteiger partial charge in [-0.25, -0.2) is 15.0 Å². The van der Waals surface area contributed by atoms with Gasteiger partial charge in [-0.05, 0) is 37.6 Å². The first-order chi connectivity index (χ1) is 15.1. The van der Waals surface area contributed by atoms with Crippen LogP contribution >= 0.6 is 0 Å². The molecule has 1 aliphatic heterocycles. The largest absolute Gasteiger partial charge is 0.353 e. The number of hydrogen-bond donors (Lipinski definition) is 1. The molecule has 7 nitrogen and oxygen atoms in total. The molecule has 1 saturated heterocycles. The first-order valence-corrected chi connectivity index (χ1v) is 10.7. The van der Waals surface area contributed by atoms with E-state index in [4.69, 9.17) is 0 Å². The molecule has 160 valence electrons. The minimum atomic E-state index is -0.426. The first kappa shape index (κ1) is 20.8. The average Bonchev–Trinajstić information content (AvgIpc) is 2.79. The van der Waals surface area contributed by atoms with Crippen molar-refractivity contribution >= 4 is 17.7 Å². The molecular formula is C24H28N6O. The van der Waals surface area contributed by atoms with Gasteiger partial charge in [-0.3, -0.25) is 4.79 Å². The summed E-state index contributed by atoms with van der Waals surface area (Å²) in [5, 5.41) is 3.31. The molecule has 1 unspecified atom stereocenters. The molecule has 1 fully saturated rings. The Morgan fingerprint density at radius 2 is 1.65 bits per heavy atom. The smallest absolute Gasteiger partial charge is 0.245 e. The van der Waals surface area contributed by atoms with Crippen LogP contribution in [0.2, 0.25) is 0 Å². The molecule has 0 radical (unpaired) electrons. The number of benzene rings is 1. The molecular weight excluding hydrogens is 388 g/mol. The Labute approximate surface area is 183 Å². The maximum absolute atomic E-state index is 13.5. The summed E-state index contributed by atoms with van der Waals surface area (Å²) in [5.41, 5.74) is 2.86. The van der Waals surface area contributed by atoms with Crippen LogP contribution in [-0.2, 0) is 11.2 Å². The molecule has 0 saturated carbocycles. The van der Waals surface area contributed by atoms with E-state index in [9.17, 15) is 4.79 Å². The van der Waals surface area contributed by atoms with Gasteiger partial charge in [0, 0.05) is 50.2 Å². The molecule has 3 heterocycles. The lowest BCUT2D eigenvalue weighted by atomic mass is 10.0. The standard InChI is InChI=1S/C24H28N6O/c1-18-16-19(2)27-24(26-18)28-21(17-20-8-4-3-5-9-20)23(31)30-14-12-29(13-15-30)22-10-6-7-11-25-22/h3-11,16,21H,12-15,17H2,1-2H3,(H,26,27,28). The summed E-state index contributed by atoms with van der Waals surface area (Å²) in [6.45, 7) is 6.73. The van der Waals surface area contributed by atoms with Crippen molar-refractivity contribution in [2.45, 2.75) is 26.3 Å². The predicted molar refractivity (Wildman–Crippen MR) is 122 cm³/mol. The maximum Gasteiger partial charge on any atom is 0.245 e. The van der Waals surface area contributed by atoms with Crippen LogP contribution in [0.3, 0.4) is 0 Å². The van der Waals surface area contributed by atoms with E-state index in [1.54, 1.807) is 6.20 Å². The molecule has 4 rings (SSSR count). The molecule has 0 aliphatic carbocycles. The van der Waals surface area contributed by atoms with E-state index < -0.39 is 6.04 Å². The highest BCUT2D eigenvalue weighted by Gasteiger charge is 2.28. The lowest BCUT2D eigenvalue weighted by Gasteiger charge is -2.37. The summed E-state index contributed by atoms with van der Waals surface area (Å²) < 4.78 is 0. The summed E-state index contributed by atoms with van der Waals surface area (Å²) in [5.74, 6) is 1.53. The van der Waals surface area contributed by atoms with Crippen LogP contribution in [0.1, 0.15) is 17.0 Å². The average molecular weight is 417 g/mol. The minimum Gasteiger partial charge on any atom is -0.353 e. The van der Waals surface area contributed by atoms with Crippen molar-refractivity contribution in [2.75, 3.05) is 36.4 Å². The molecule has 3 aromatic rings. The van der Waals surface area contributed by atoms with Crippen molar-refractivity contribution in [1.82, 2.24) is 19.9 Å². The summed E-state index contributed by atoms with van der Waals surface area (Å²) in [4.78, 5) is 31.0. The zero-order valence-electron chi connectivity index (χ0n) is 18.0. The third kappa shape index (κ3) is 5.36. The van der Waals surface area contributed by atoms with Crippen molar-refractivity contribution in [3.05, 3.63) is 77.7 Å². The van der Waals surface area contributed by atoms with E-state index in [2.05, 4.69) is 25.2 Å². The highest BCUT2D eigenvalue weighted by molar-refractivity contribution is 5.85. The fourth-order valence-electron chi connectivity index (χ4n) is 3.91. The monoisotopic (exact) mass is 416 g/mol. The van der Waals surface area contributed by atoms with E-state index in [1.165, 1.54) is 0 Å². The third-order valence-electron chi connectivity index (χ3n) is 5.43. The Kier molecular flexibility index (Phi) is 6.40. The molecule has 7 heteroatoms. The Hall–Kier alpha value is -3.48. The van der Waals surface area contributed by atoms with Gasteiger partial charge >= 0.3 is 0 Å². The van der Waals surface area contributed by atoms with Crippen LogP contribution in [0.15, 0.2) is 60.8 Å². The second kappa shape index (κ2) is 9.55. The molecule has 1 atom stereocenters. The van der Waals surface area contributed by atoms with Gasteiger partial charge in [0.05, 0.1) is 0 Å². The molecule has 1 aromatic carbocycles. The number of amides is 1. The second-order valence-electron chi connectivity index (χ2n) is 7.86. The van der Waals surface area contributed by atoms with Crippen LogP contribution in [-0.4, -0.2) is 58.0 Å². The molecule has 1 aliphatic rings. The van der Waals surface area contributed by atoms with E-state index >= 15 is 0 Å². The highest BCUT2D eigenvalue weighted by Crippen LogP contribution is 2.16. The normalized spacial score (nSPS) is 14.9. The molecule has 0 spiro atoms. The Balaban J connectivity index is 1.48. The fourth-order valence-corrected chi connectivity index (χ4v) is 3.91. The number of piperazine rings is 1. The van der Waals surface area contributed by atoms with E-state index in [0.29, 0.717) is 25.5 Å². The van der Waals surface area contributed by atoms with Crippen molar-refractivity contribution in [1.29, 1.82) is 0 Å². The summed E-state index contributed by atoms with van der Waals surface area (Å²) in [7, 11) is 0. The Morgan fingerprint density at radius 1 is 0.968 bits per heavy atom. The maximum atomic E-state index is 13.5.